The monoisotopic (exact) mass is 126 g/mol. The predicted molar refractivity (Wildman–Crippen MR) is 38.7 cm³/mol. The number of nitrogens with two attached hydrogens (primary N) is 1. The third-order valence-corrected chi connectivity index (χ3v) is 2.04. The van der Waals surface area contributed by atoms with Crippen LogP contribution < -0.4 is 5.73 Å². The second kappa shape index (κ2) is 2.97. The Morgan fingerprint density at radius 2 is 2.33 bits per heavy atom. The highest BCUT2D eigenvalue weighted by atomic mass is 14.6. The summed E-state index contributed by atoms with van der Waals surface area (Å²) in [5.41, 5.74) is 5.54. The largest absolute Gasteiger partial charge is 0.323 e. The van der Waals surface area contributed by atoms with Crippen molar-refractivity contribution in [2.75, 3.05) is 0 Å². The quantitative estimate of drug-likeness (QED) is 0.547. The van der Waals surface area contributed by atoms with Gasteiger partial charge in [-0.15, -0.1) is 0 Å². The van der Waals surface area contributed by atoms with Crippen LogP contribution in [0.4, 0.5) is 0 Å². The highest BCUT2D eigenvalue weighted by Gasteiger charge is 2.18. The molecule has 52 valence electrons. The fourth-order valence-corrected chi connectivity index (χ4v) is 1.18. The molecule has 9 heavy (non-hydrogen) atoms. The van der Waals surface area contributed by atoms with Crippen LogP contribution in [-0.2, 0) is 0 Å². The average Bonchev–Trinajstić information content (AvgIpc) is 1.78. The Hall–Kier alpha value is -0.370. The van der Waals surface area contributed by atoms with E-state index in [1.165, 1.54) is 25.5 Å². The van der Waals surface area contributed by atoms with E-state index in [-0.39, 0.29) is 6.04 Å². The summed E-state index contributed by atoms with van der Waals surface area (Å²) in [5, 5.41) is 6.85. The summed E-state index contributed by atoms with van der Waals surface area (Å²) in [5.74, 6) is 0.835. The normalized spacial score (nSPS) is 22.8. The van der Waals surface area contributed by atoms with Crippen molar-refractivity contribution in [1.82, 2.24) is 0 Å². The number of nitrogens with one attached hydrogen (secondary N) is 1. The Morgan fingerprint density at radius 3 is 2.67 bits per heavy atom. The third kappa shape index (κ3) is 1.79. The third-order valence-electron chi connectivity index (χ3n) is 2.04. The summed E-state index contributed by atoms with van der Waals surface area (Å²) in [7, 11) is 0. The van der Waals surface area contributed by atoms with Crippen molar-refractivity contribution < 1.29 is 0 Å². The van der Waals surface area contributed by atoms with Crippen molar-refractivity contribution in [2.24, 2.45) is 11.7 Å². The highest BCUT2D eigenvalue weighted by Crippen LogP contribution is 2.29. The molecule has 1 saturated carbocycles. The molecule has 2 nitrogen and oxygen atoms in total. The molecule has 0 saturated heterocycles. The zero-order valence-electron chi connectivity index (χ0n) is 5.64. The van der Waals surface area contributed by atoms with Crippen LogP contribution >= 0.6 is 0 Å². The van der Waals surface area contributed by atoms with Gasteiger partial charge in [-0.05, 0) is 12.3 Å². The minimum absolute atomic E-state index is 0.0234. The van der Waals surface area contributed by atoms with Gasteiger partial charge in [0.15, 0.2) is 0 Å². The van der Waals surface area contributed by atoms with Gasteiger partial charge in [-0.1, -0.05) is 19.3 Å². The van der Waals surface area contributed by atoms with Gasteiger partial charge in [0, 0.05) is 12.3 Å². The van der Waals surface area contributed by atoms with Crippen LogP contribution in [-0.4, -0.2) is 12.3 Å². The van der Waals surface area contributed by atoms with Gasteiger partial charge in [0.25, 0.3) is 0 Å². The Kier molecular flexibility index (Phi) is 2.22. The van der Waals surface area contributed by atoms with E-state index in [1.807, 2.05) is 0 Å². The molecule has 1 fully saturated rings. The van der Waals surface area contributed by atoms with E-state index in [9.17, 15) is 0 Å². The van der Waals surface area contributed by atoms with E-state index in [1.54, 1.807) is 0 Å². The van der Waals surface area contributed by atoms with Gasteiger partial charge < -0.3 is 11.1 Å². The van der Waals surface area contributed by atoms with Crippen molar-refractivity contribution in [3.8, 4) is 0 Å². The second-order valence-corrected chi connectivity index (χ2v) is 2.86. The molecule has 0 aromatic carbocycles. The summed E-state index contributed by atoms with van der Waals surface area (Å²) >= 11 is 0. The van der Waals surface area contributed by atoms with Crippen molar-refractivity contribution in [3.05, 3.63) is 0 Å². The molecule has 3 N–H and O–H groups in total. The predicted octanol–water partition coefficient (Wildman–Crippen LogP) is 1.15. The molecule has 1 aliphatic carbocycles. The molecule has 2 heteroatoms. The molecule has 0 bridgehead atoms. The minimum atomic E-state index is 0.0234. The van der Waals surface area contributed by atoms with Crippen LogP contribution in [0.3, 0.4) is 0 Å². The molecule has 0 radical (unpaired) electrons. The Balaban J connectivity index is 2.08. The van der Waals surface area contributed by atoms with Crippen LogP contribution in [0, 0.1) is 11.3 Å². The number of rotatable bonds is 3. The van der Waals surface area contributed by atoms with Gasteiger partial charge in [0.1, 0.15) is 0 Å². The molecule has 0 aliphatic heterocycles. The molecular formula is C7H14N2. The lowest BCUT2D eigenvalue weighted by Gasteiger charge is -2.26. The standard InChI is InChI=1S/C7H14N2/c8-5-7(9)4-6-2-1-3-6/h5-8H,1-4,9H2/t7-/m0/s1. The molecule has 0 spiro atoms. The van der Waals surface area contributed by atoms with E-state index in [0.29, 0.717) is 0 Å². The average molecular weight is 126 g/mol. The van der Waals surface area contributed by atoms with E-state index in [4.69, 9.17) is 11.1 Å². The minimum Gasteiger partial charge on any atom is -0.323 e. The van der Waals surface area contributed by atoms with Gasteiger partial charge in [-0.25, -0.2) is 0 Å². The zero-order chi connectivity index (χ0) is 6.69. The first-order chi connectivity index (χ1) is 4.33. The first kappa shape index (κ1) is 6.75. The van der Waals surface area contributed by atoms with Crippen molar-refractivity contribution in [1.29, 1.82) is 5.41 Å². The first-order valence-corrected chi connectivity index (χ1v) is 3.59. The smallest absolute Gasteiger partial charge is 0.0395 e. The van der Waals surface area contributed by atoms with Gasteiger partial charge in [0.2, 0.25) is 0 Å². The molecule has 1 aliphatic rings. The van der Waals surface area contributed by atoms with Crippen LogP contribution in [0.1, 0.15) is 25.7 Å². The lowest BCUT2D eigenvalue weighted by Crippen LogP contribution is -2.27. The second-order valence-electron chi connectivity index (χ2n) is 2.86. The van der Waals surface area contributed by atoms with E-state index in [2.05, 4.69) is 0 Å². The lowest BCUT2D eigenvalue weighted by atomic mass is 9.81. The topological polar surface area (TPSA) is 49.9 Å². The van der Waals surface area contributed by atoms with Crippen LogP contribution in [0.5, 0.6) is 0 Å². The summed E-state index contributed by atoms with van der Waals surface area (Å²) in [6.07, 6.45) is 6.42. The van der Waals surface area contributed by atoms with E-state index < -0.39 is 0 Å². The Morgan fingerprint density at radius 1 is 1.67 bits per heavy atom. The van der Waals surface area contributed by atoms with Crippen molar-refractivity contribution in [2.45, 2.75) is 31.7 Å². The van der Waals surface area contributed by atoms with E-state index in [0.717, 1.165) is 12.3 Å². The van der Waals surface area contributed by atoms with Crippen molar-refractivity contribution in [3.63, 3.8) is 0 Å². The Bertz CT molecular complexity index is 97.1. The molecule has 1 atom stereocenters. The number of hydrogen-bond acceptors (Lipinski definition) is 2. The van der Waals surface area contributed by atoms with Gasteiger partial charge >= 0.3 is 0 Å². The summed E-state index contributed by atoms with van der Waals surface area (Å²) in [6.45, 7) is 0. The molecule has 0 unspecified atom stereocenters. The lowest BCUT2D eigenvalue weighted by molar-refractivity contribution is 0.291. The van der Waals surface area contributed by atoms with Gasteiger partial charge in [-0.3, -0.25) is 0 Å². The van der Waals surface area contributed by atoms with Crippen LogP contribution in [0.15, 0.2) is 0 Å². The molecule has 0 heterocycles. The first-order valence-electron chi connectivity index (χ1n) is 3.59. The SMILES string of the molecule is N=C[C@@H](N)CC1CCC1. The fraction of sp³-hybridized carbons (Fsp3) is 0.857. The summed E-state index contributed by atoms with van der Waals surface area (Å²) in [4.78, 5) is 0. The van der Waals surface area contributed by atoms with Crippen LogP contribution in [0.2, 0.25) is 0 Å². The van der Waals surface area contributed by atoms with Crippen molar-refractivity contribution >= 4 is 6.21 Å². The maximum atomic E-state index is 6.85. The highest BCUT2D eigenvalue weighted by molar-refractivity contribution is 5.60. The molecular weight excluding hydrogens is 112 g/mol. The zero-order valence-corrected chi connectivity index (χ0v) is 5.64. The van der Waals surface area contributed by atoms with Gasteiger partial charge in [0.05, 0.1) is 0 Å². The van der Waals surface area contributed by atoms with Gasteiger partial charge in [-0.2, -0.15) is 0 Å². The Labute approximate surface area is 55.9 Å². The number of hydrogen-bond donors (Lipinski definition) is 2. The molecule has 0 amide bonds. The maximum Gasteiger partial charge on any atom is 0.0395 e. The molecule has 0 aromatic heterocycles. The molecule has 0 aromatic rings. The fourth-order valence-electron chi connectivity index (χ4n) is 1.18. The summed E-state index contributed by atoms with van der Waals surface area (Å²) in [6, 6.07) is 0.0234. The molecule has 1 rings (SSSR count). The van der Waals surface area contributed by atoms with Crippen LogP contribution in [0.25, 0.3) is 0 Å². The summed E-state index contributed by atoms with van der Waals surface area (Å²) < 4.78 is 0. The van der Waals surface area contributed by atoms with E-state index >= 15 is 0 Å². The maximum absolute atomic E-state index is 6.85.